The summed E-state index contributed by atoms with van der Waals surface area (Å²) in [7, 11) is 0. The van der Waals surface area contributed by atoms with E-state index in [9.17, 15) is 4.79 Å². The lowest BCUT2D eigenvalue weighted by Crippen LogP contribution is -2.28. The maximum atomic E-state index is 10.8. The van der Waals surface area contributed by atoms with Gasteiger partial charge in [-0.3, -0.25) is 0 Å². The minimum atomic E-state index is -1.03. The minimum Gasteiger partial charge on any atom is -0.475 e. The molecule has 4 nitrogen and oxygen atoms in total. The number of hydrogen-bond acceptors (Lipinski definition) is 3. The van der Waals surface area contributed by atoms with Gasteiger partial charge in [-0.25, -0.2) is 4.79 Å². The van der Waals surface area contributed by atoms with Crippen LogP contribution in [0.3, 0.4) is 0 Å². The number of rotatable bonds is 3. The summed E-state index contributed by atoms with van der Waals surface area (Å²) in [6, 6.07) is 11.9. The molecule has 0 fully saturated rings. The fourth-order valence-electron chi connectivity index (χ4n) is 2.62. The second-order valence-electron chi connectivity index (χ2n) is 4.88. The lowest BCUT2D eigenvalue weighted by Gasteiger charge is -2.23. The second kappa shape index (κ2) is 4.46. The molecule has 1 unspecified atom stereocenters. The summed E-state index contributed by atoms with van der Waals surface area (Å²) in [5, 5.41) is 8.86. The summed E-state index contributed by atoms with van der Waals surface area (Å²) in [5.74, 6) is -0.350. The third-order valence-electron chi connectivity index (χ3n) is 3.55. The van der Waals surface area contributed by atoms with Crippen LogP contribution >= 0.6 is 0 Å². The van der Waals surface area contributed by atoms with Crippen molar-refractivity contribution >= 4 is 11.7 Å². The molecule has 2 heterocycles. The first kappa shape index (κ1) is 11.8. The maximum absolute atomic E-state index is 10.8. The summed E-state index contributed by atoms with van der Waals surface area (Å²) < 4.78 is 5.33. The summed E-state index contributed by atoms with van der Waals surface area (Å²) >= 11 is 0. The molecule has 19 heavy (non-hydrogen) atoms. The SMILES string of the molecule is CC1Cc2ccccc2N1Cc1ccc(C(=O)O)o1. The van der Waals surface area contributed by atoms with Crippen LogP contribution in [0.4, 0.5) is 5.69 Å². The van der Waals surface area contributed by atoms with Gasteiger partial charge in [0.25, 0.3) is 0 Å². The molecule has 1 N–H and O–H groups in total. The van der Waals surface area contributed by atoms with Crippen LogP contribution in [-0.4, -0.2) is 17.1 Å². The topological polar surface area (TPSA) is 53.7 Å². The predicted molar refractivity (Wildman–Crippen MR) is 71.5 cm³/mol. The van der Waals surface area contributed by atoms with Crippen molar-refractivity contribution in [1.82, 2.24) is 0 Å². The number of anilines is 1. The zero-order chi connectivity index (χ0) is 13.4. The average Bonchev–Trinajstić information content (AvgIpc) is 2.96. The van der Waals surface area contributed by atoms with E-state index >= 15 is 0 Å². The fraction of sp³-hybridized carbons (Fsp3) is 0.267. The third kappa shape index (κ3) is 2.10. The van der Waals surface area contributed by atoms with Crippen LogP contribution in [0, 0.1) is 0 Å². The Labute approximate surface area is 111 Å². The van der Waals surface area contributed by atoms with E-state index in [-0.39, 0.29) is 5.76 Å². The predicted octanol–water partition coefficient (Wildman–Crippen LogP) is 2.93. The number of para-hydroxylation sites is 1. The van der Waals surface area contributed by atoms with E-state index in [2.05, 4.69) is 24.0 Å². The molecule has 0 aliphatic carbocycles. The molecule has 4 heteroatoms. The summed E-state index contributed by atoms with van der Waals surface area (Å²) in [6.45, 7) is 2.77. The van der Waals surface area contributed by atoms with E-state index in [0.29, 0.717) is 18.3 Å². The van der Waals surface area contributed by atoms with Crippen molar-refractivity contribution in [2.45, 2.75) is 25.9 Å². The van der Waals surface area contributed by atoms with Gasteiger partial charge in [0.2, 0.25) is 5.76 Å². The molecule has 0 bridgehead atoms. The molecule has 98 valence electrons. The van der Waals surface area contributed by atoms with Crippen molar-refractivity contribution in [3.8, 4) is 0 Å². The Bertz CT molecular complexity index is 617. The first-order valence-corrected chi connectivity index (χ1v) is 6.31. The van der Waals surface area contributed by atoms with Gasteiger partial charge in [0.1, 0.15) is 5.76 Å². The number of aromatic carboxylic acids is 1. The first-order chi connectivity index (χ1) is 9.15. The highest BCUT2D eigenvalue weighted by atomic mass is 16.4. The van der Waals surface area contributed by atoms with Gasteiger partial charge in [-0.05, 0) is 37.1 Å². The zero-order valence-electron chi connectivity index (χ0n) is 10.7. The monoisotopic (exact) mass is 257 g/mol. The van der Waals surface area contributed by atoms with Crippen molar-refractivity contribution in [1.29, 1.82) is 0 Å². The number of benzene rings is 1. The Kier molecular flexibility index (Phi) is 2.78. The highest BCUT2D eigenvalue weighted by Crippen LogP contribution is 2.33. The molecule has 1 aliphatic heterocycles. The van der Waals surface area contributed by atoms with Crippen LogP contribution in [0.1, 0.15) is 28.8 Å². The Morgan fingerprint density at radius 3 is 2.89 bits per heavy atom. The average molecular weight is 257 g/mol. The van der Waals surface area contributed by atoms with Gasteiger partial charge in [0.05, 0.1) is 6.54 Å². The van der Waals surface area contributed by atoms with Crippen LogP contribution in [0.5, 0.6) is 0 Å². The van der Waals surface area contributed by atoms with Crippen LogP contribution in [0.15, 0.2) is 40.8 Å². The van der Waals surface area contributed by atoms with Gasteiger partial charge in [0.15, 0.2) is 0 Å². The van der Waals surface area contributed by atoms with E-state index in [1.54, 1.807) is 6.07 Å². The second-order valence-corrected chi connectivity index (χ2v) is 4.88. The maximum Gasteiger partial charge on any atom is 0.371 e. The minimum absolute atomic E-state index is 0.00450. The molecule has 1 atom stereocenters. The number of nitrogens with zero attached hydrogens (tertiary/aromatic N) is 1. The van der Waals surface area contributed by atoms with Gasteiger partial charge in [-0.1, -0.05) is 18.2 Å². The van der Waals surface area contributed by atoms with Crippen LogP contribution in [0.2, 0.25) is 0 Å². The van der Waals surface area contributed by atoms with Crippen LogP contribution < -0.4 is 4.90 Å². The molecule has 0 amide bonds. The lowest BCUT2D eigenvalue weighted by molar-refractivity contribution is 0.0660. The van der Waals surface area contributed by atoms with Crippen LogP contribution in [0.25, 0.3) is 0 Å². The van der Waals surface area contributed by atoms with Crippen molar-refractivity contribution in [2.24, 2.45) is 0 Å². The Morgan fingerprint density at radius 1 is 1.37 bits per heavy atom. The van der Waals surface area contributed by atoms with Gasteiger partial charge < -0.3 is 14.4 Å². The number of carbonyl (C=O) groups is 1. The molecule has 1 aliphatic rings. The number of furan rings is 1. The quantitative estimate of drug-likeness (QED) is 0.918. The van der Waals surface area contributed by atoms with Crippen LogP contribution in [-0.2, 0) is 13.0 Å². The molecule has 0 radical (unpaired) electrons. The Balaban J connectivity index is 1.85. The molecule has 1 aromatic heterocycles. The normalized spacial score (nSPS) is 17.5. The highest BCUT2D eigenvalue weighted by Gasteiger charge is 2.26. The molecule has 0 spiro atoms. The molecule has 2 aromatic rings. The fourth-order valence-corrected chi connectivity index (χ4v) is 2.62. The highest BCUT2D eigenvalue weighted by molar-refractivity contribution is 5.84. The Hall–Kier alpha value is -2.23. The number of hydrogen-bond donors (Lipinski definition) is 1. The summed E-state index contributed by atoms with van der Waals surface area (Å²) in [6.07, 6.45) is 1.02. The molecule has 1 aromatic carbocycles. The molecular formula is C15H15NO3. The van der Waals surface area contributed by atoms with Crippen molar-refractivity contribution in [3.63, 3.8) is 0 Å². The van der Waals surface area contributed by atoms with E-state index in [1.165, 1.54) is 17.3 Å². The molecule has 3 rings (SSSR count). The van der Waals surface area contributed by atoms with Gasteiger partial charge in [-0.2, -0.15) is 0 Å². The van der Waals surface area contributed by atoms with E-state index in [1.807, 2.05) is 12.1 Å². The number of carboxylic acid groups (broad SMARTS) is 1. The summed E-state index contributed by atoms with van der Waals surface area (Å²) in [4.78, 5) is 13.1. The van der Waals surface area contributed by atoms with E-state index in [0.717, 1.165) is 6.42 Å². The van der Waals surface area contributed by atoms with Crippen molar-refractivity contribution < 1.29 is 14.3 Å². The first-order valence-electron chi connectivity index (χ1n) is 6.31. The van der Waals surface area contributed by atoms with E-state index < -0.39 is 5.97 Å². The largest absolute Gasteiger partial charge is 0.475 e. The van der Waals surface area contributed by atoms with Gasteiger partial charge >= 0.3 is 5.97 Å². The molecule has 0 saturated carbocycles. The molecule has 0 saturated heterocycles. The van der Waals surface area contributed by atoms with E-state index in [4.69, 9.17) is 9.52 Å². The molecular weight excluding hydrogens is 242 g/mol. The third-order valence-corrected chi connectivity index (χ3v) is 3.55. The van der Waals surface area contributed by atoms with Crippen molar-refractivity contribution in [3.05, 3.63) is 53.5 Å². The van der Waals surface area contributed by atoms with Crippen molar-refractivity contribution in [2.75, 3.05) is 4.90 Å². The standard InChI is InChI=1S/C15H15NO3/c1-10-8-11-4-2-3-5-13(11)16(10)9-12-6-7-14(19-12)15(17)18/h2-7,10H,8-9H2,1H3,(H,17,18). The Morgan fingerprint density at radius 2 is 2.16 bits per heavy atom. The van der Waals surface area contributed by atoms with Gasteiger partial charge in [-0.15, -0.1) is 0 Å². The number of carboxylic acids is 1. The summed E-state index contributed by atoms with van der Waals surface area (Å²) in [5.41, 5.74) is 2.54. The van der Waals surface area contributed by atoms with Gasteiger partial charge in [0, 0.05) is 11.7 Å². The lowest BCUT2D eigenvalue weighted by atomic mass is 10.1. The zero-order valence-corrected chi connectivity index (χ0v) is 10.7. The number of fused-ring (bicyclic) bond motifs is 1. The smallest absolute Gasteiger partial charge is 0.371 e.